The van der Waals surface area contributed by atoms with Gasteiger partial charge < -0.3 is 23.1 Å². The molecule has 1 saturated heterocycles. The maximum absolute atomic E-state index is 11.9. The highest BCUT2D eigenvalue weighted by Crippen LogP contribution is 2.41. The van der Waals surface area contributed by atoms with Gasteiger partial charge in [-0.25, -0.2) is 4.79 Å². The molecule has 0 unspecified atom stereocenters. The molecule has 0 radical (unpaired) electrons. The third kappa shape index (κ3) is 8.06. The SMILES string of the molecule is CCOC(=O)/C=C/[C@@H]1OC(C)(C)O[C@@H]1[C@@H](CO[Si](C)(C)C(C)(C)C)O[Si](C)(C)C(C)(C)C. The fraction of sp³-hybridized carbons (Fsp3) is 0.875. The van der Waals surface area contributed by atoms with Crippen molar-refractivity contribution >= 4 is 22.6 Å². The van der Waals surface area contributed by atoms with Crippen LogP contribution in [0.4, 0.5) is 0 Å². The van der Waals surface area contributed by atoms with Crippen LogP contribution in [0.2, 0.25) is 36.3 Å². The number of hydrogen-bond acceptors (Lipinski definition) is 6. The monoisotopic (exact) mass is 488 g/mol. The first-order valence-corrected chi connectivity index (χ1v) is 17.6. The van der Waals surface area contributed by atoms with E-state index < -0.39 is 34.6 Å². The first-order valence-electron chi connectivity index (χ1n) is 11.7. The highest BCUT2D eigenvalue weighted by atomic mass is 28.4. The van der Waals surface area contributed by atoms with Crippen LogP contribution >= 0.6 is 0 Å². The molecule has 0 aromatic carbocycles. The lowest BCUT2D eigenvalue weighted by Crippen LogP contribution is -2.52. The molecule has 0 aromatic rings. The van der Waals surface area contributed by atoms with E-state index in [1.54, 1.807) is 13.0 Å². The van der Waals surface area contributed by atoms with Gasteiger partial charge >= 0.3 is 5.97 Å². The average molecular weight is 489 g/mol. The molecular formula is C24H48O6Si2. The van der Waals surface area contributed by atoms with E-state index in [0.29, 0.717) is 13.2 Å². The van der Waals surface area contributed by atoms with Crippen molar-refractivity contribution in [3.63, 3.8) is 0 Å². The van der Waals surface area contributed by atoms with Crippen molar-refractivity contribution in [1.29, 1.82) is 0 Å². The maximum atomic E-state index is 11.9. The molecule has 6 nitrogen and oxygen atoms in total. The molecule has 1 fully saturated rings. The Balaban J connectivity index is 3.25. The Hall–Kier alpha value is -0.516. The lowest BCUT2D eigenvalue weighted by atomic mass is 10.1. The van der Waals surface area contributed by atoms with Gasteiger partial charge in [-0.15, -0.1) is 0 Å². The van der Waals surface area contributed by atoms with Crippen LogP contribution in [0.3, 0.4) is 0 Å². The highest BCUT2D eigenvalue weighted by molar-refractivity contribution is 6.74. The zero-order valence-corrected chi connectivity index (χ0v) is 24.8. The summed E-state index contributed by atoms with van der Waals surface area (Å²) in [5, 5.41) is 0.123. The lowest BCUT2D eigenvalue weighted by molar-refractivity contribution is -0.154. The van der Waals surface area contributed by atoms with Gasteiger partial charge in [-0.1, -0.05) is 41.5 Å². The Bertz CT molecular complexity index is 658. The number of carbonyl (C=O) groups is 1. The molecule has 188 valence electrons. The summed E-state index contributed by atoms with van der Waals surface area (Å²) in [6.07, 6.45) is 2.00. The van der Waals surface area contributed by atoms with E-state index in [1.165, 1.54) is 6.08 Å². The Labute approximate surface area is 198 Å². The summed E-state index contributed by atoms with van der Waals surface area (Å²) < 4.78 is 31.0. The fourth-order valence-corrected chi connectivity index (χ4v) is 5.20. The van der Waals surface area contributed by atoms with Crippen LogP contribution in [0, 0.1) is 0 Å². The lowest BCUT2D eigenvalue weighted by Gasteiger charge is -2.43. The molecule has 32 heavy (non-hydrogen) atoms. The molecule has 0 N–H and O–H groups in total. The van der Waals surface area contributed by atoms with Crippen molar-refractivity contribution < 1.29 is 27.9 Å². The van der Waals surface area contributed by atoms with Gasteiger partial charge in [-0.05, 0) is 63.1 Å². The van der Waals surface area contributed by atoms with Gasteiger partial charge in [0, 0.05) is 6.08 Å². The predicted molar refractivity (Wildman–Crippen MR) is 135 cm³/mol. The first-order chi connectivity index (χ1) is 14.2. The topological polar surface area (TPSA) is 63.2 Å². The summed E-state index contributed by atoms with van der Waals surface area (Å²) in [4.78, 5) is 11.9. The van der Waals surface area contributed by atoms with Crippen LogP contribution in [0.25, 0.3) is 0 Å². The molecule has 0 aromatic heterocycles. The standard InChI is InChI=1S/C24H48O6Si2/c1-14-26-20(25)16-15-18-21(29-24(8,9)28-18)19(30-32(12,13)23(5,6)7)17-27-31(10,11)22(2,3)4/h15-16,18-19,21H,14,17H2,1-13H3/b16-15+/t18-,19+,21-/m0/s1. The van der Waals surface area contributed by atoms with Crippen molar-refractivity contribution in [3.8, 4) is 0 Å². The van der Waals surface area contributed by atoms with Crippen molar-refractivity contribution in [2.45, 2.75) is 123 Å². The van der Waals surface area contributed by atoms with E-state index in [4.69, 9.17) is 23.1 Å². The van der Waals surface area contributed by atoms with E-state index in [0.717, 1.165) is 0 Å². The van der Waals surface area contributed by atoms with Crippen molar-refractivity contribution in [2.75, 3.05) is 13.2 Å². The van der Waals surface area contributed by atoms with Gasteiger partial charge in [0.2, 0.25) is 0 Å². The summed E-state index contributed by atoms with van der Waals surface area (Å²) >= 11 is 0. The minimum Gasteiger partial charge on any atom is -0.463 e. The van der Waals surface area contributed by atoms with Crippen LogP contribution in [0.15, 0.2) is 12.2 Å². The summed E-state index contributed by atoms with van der Waals surface area (Å²) in [6, 6.07) is 0. The number of carbonyl (C=O) groups excluding carboxylic acids is 1. The molecule has 3 atom stereocenters. The van der Waals surface area contributed by atoms with Crippen molar-refractivity contribution in [3.05, 3.63) is 12.2 Å². The average Bonchev–Trinajstić information content (AvgIpc) is 2.89. The van der Waals surface area contributed by atoms with Crippen molar-refractivity contribution in [2.24, 2.45) is 0 Å². The number of esters is 1. The normalized spacial score (nSPS) is 23.5. The van der Waals surface area contributed by atoms with E-state index in [9.17, 15) is 4.79 Å². The number of ether oxygens (including phenoxy) is 3. The van der Waals surface area contributed by atoms with Gasteiger partial charge in [0.1, 0.15) is 12.2 Å². The van der Waals surface area contributed by atoms with Gasteiger partial charge in [0.05, 0.1) is 19.3 Å². The second-order valence-electron chi connectivity index (χ2n) is 12.2. The van der Waals surface area contributed by atoms with Gasteiger partial charge in [-0.2, -0.15) is 0 Å². The van der Waals surface area contributed by atoms with Crippen molar-refractivity contribution in [1.82, 2.24) is 0 Å². The fourth-order valence-electron chi connectivity index (χ4n) is 2.88. The molecular weight excluding hydrogens is 440 g/mol. The van der Waals surface area contributed by atoms with Crippen LogP contribution in [-0.2, 0) is 27.9 Å². The molecule has 0 saturated carbocycles. The van der Waals surface area contributed by atoms with Gasteiger partial charge in [-0.3, -0.25) is 0 Å². The third-order valence-electron chi connectivity index (χ3n) is 6.91. The first kappa shape index (κ1) is 29.5. The van der Waals surface area contributed by atoms with Crippen LogP contribution in [-0.4, -0.2) is 59.9 Å². The minimum absolute atomic E-state index is 0.0352. The zero-order valence-electron chi connectivity index (χ0n) is 22.8. The summed E-state index contributed by atoms with van der Waals surface area (Å²) in [6.45, 7) is 28.6. The Morgan fingerprint density at radius 1 is 1.00 bits per heavy atom. The smallest absolute Gasteiger partial charge is 0.330 e. The number of rotatable bonds is 9. The third-order valence-corrected chi connectivity index (χ3v) is 15.9. The molecule has 1 aliphatic heterocycles. The number of hydrogen-bond donors (Lipinski definition) is 0. The molecule has 0 spiro atoms. The molecule has 8 heteroatoms. The van der Waals surface area contributed by atoms with Crippen LogP contribution < -0.4 is 0 Å². The molecule has 0 amide bonds. The highest BCUT2D eigenvalue weighted by Gasteiger charge is 2.49. The van der Waals surface area contributed by atoms with E-state index in [1.807, 2.05) is 13.8 Å². The predicted octanol–water partition coefficient (Wildman–Crippen LogP) is 6.04. The zero-order chi connectivity index (χ0) is 25.2. The van der Waals surface area contributed by atoms with Gasteiger partial charge in [0.15, 0.2) is 22.4 Å². The minimum atomic E-state index is -2.13. The van der Waals surface area contributed by atoms with E-state index >= 15 is 0 Å². The van der Waals surface area contributed by atoms with Crippen LogP contribution in [0.1, 0.15) is 62.3 Å². The second-order valence-corrected chi connectivity index (χ2v) is 21.7. The van der Waals surface area contributed by atoms with E-state index in [-0.39, 0.29) is 22.1 Å². The second kappa shape index (κ2) is 10.4. The summed E-state index contributed by atoms with van der Waals surface area (Å²) in [7, 11) is -4.12. The molecule has 0 bridgehead atoms. The Morgan fingerprint density at radius 2 is 1.53 bits per heavy atom. The summed E-state index contributed by atoms with van der Waals surface area (Å²) in [5.41, 5.74) is 0. The van der Waals surface area contributed by atoms with Gasteiger partial charge in [0.25, 0.3) is 0 Å². The molecule has 1 aliphatic rings. The Kier molecular flexibility index (Phi) is 9.59. The van der Waals surface area contributed by atoms with Crippen LogP contribution in [0.5, 0.6) is 0 Å². The molecule has 1 rings (SSSR count). The summed E-state index contributed by atoms with van der Waals surface area (Å²) in [5.74, 6) is -1.18. The Morgan fingerprint density at radius 3 is 2.00 bits per heavy atom. The van der Waals surface area contributed by atoms with E-state index in [2.05, 4.69) is 67.7 Å². The maximum Gasteiger partial charge on any atom is 0.330 e. The quantitative estimate of drug-likeness (QED) is 0.224. The molecule has 1 heterocycles. The largest absolute Gasteiger partial charge is 0.463 e. The molecule has 0 aliphatic carbocycles.